The molecule has 0 amide bonds. The zero-order valence-electron chi connectivity index (χ0n) is 25.7. The zero-order valence-corrected chi connectivity index (χ0v) is 25.7. The summed E-state index contributed by atoms with van der Waals surface area (Å²) in [6.07, 6.45) is -26.2. The largest absolute Gasteiger partial charge is 0.466 e. The zero-order chi connectivity index (χ0) is 43.8. The van der Waals surface area contributed by atoms with Gasteiger partial charge in [0, 0.05) is 12.8 Å². The Morgan fingerprint density at radius 3 is 0.981 bits per heavy atom. The lowest BCUT2D eigenvalue weighted by Crippen LogP contribution is -2.70. The monoisotopic (exact) mass is 866 g/mol. The highest BCUT2D eigenvalue weighted by Crippen LogP contribution is 2.62. The lowest BCUT2D eigenvalue weighted by atomic mass is 9.92. The van der Waals surface area contributed by atoms with E-state index in [1.165, 1.54) is 0 Å². The maximum Gasteiger partial charge on any atom is 0.460 e. The summed E-state index contributed by atoms with van der Waals surface area (Å²) in [5, 5.41) is 0. The van der Waals surface area contributed by atoms with Crippen LogP contribution < -0.4 is 0 Å². The van der Waals surface area contributed by atoms with Gasteiger partial charge in [-0.3, -0.25) is 9.59 Å². The lowest BCUT2D eigenvalue weighted by Gasteiger charge is -2.39. The molecule has 0 aromatic rings. The van der Waals surface area contributed by atoms with Crippen LogP contribution in [0.15, 0.2) is 0 Å². The molecule has 0 spiro atoms. The second kappa shape index (κ2) is 15.6. The second-order valence-electron chi connectivity index (χ2n) is 10.9. The fourth-order valence-electron chi connectivity index (χ4n) is 3.64. The van der Waals surface area contributed by atoms with E-state index in [0.717, 1.165) is 6.92 Å². The third kappa shape index (κ3) is 8.89. The van der Waals surface area contributed by atoms with Crippen molar-refractivity contribution in [1.29, 1.82) is 0 Å². The van der Waals surface area contributed by atoms with Gasteiger partial charge in [-0.2, -0.15) is 114 Å². The van der Waals surface area contributed by atoms with Crippen molar-refractivity contribution >= 4 is 11.9 Å². The SMILES string of the molecule is CCC(CC(=O)OCCCC(F)(F)C(F)(F)C(F)(F)C(F)(F)C(F)(F)C(F)(F)F)C(=O)OCCCC(F)(F)C(F)(F)C(F)(F)C(F)(F)C(F)(F)C(F)(F)F. The summed E-state index contributed by atoms with van der Waals surface area (Å²) in [6, 6.07) is 0. The number of ether oxygens (including phenoxy) is 2. The van der Waals surface area contributed by atoms with Gasteiger partial charge >= 0.3 is 83.5 Å². The van der Waals surface area contributed by atoms with Gasteiger partial charge in [-0.25, -0.2) is 0 Å². The molecule has 54 heavy (non-hydrogen) atoms. The van der Waals surface area contributed by atoms with Crippen LogP contribution in [0.25, 0.3) is 0 Å². The van der Waals surface area contributed by atoms with E-state index in [4.69, 9.17) is 0 Å². The van der Waals surface area contributed by atoms with E-state index in [9.17, 15) is 124 Å². The molecule has 322 valence electrons. The highest BCUT2D eigenvalue weighted by molar-refractivity contribution is 5.79. The van der Waals surface area contributed by atoms with Gasteiger partial charge in [0.25, 0.3) is 0 Å². The van der Waals surface area contributed by atoms with E-state index in [1.54, 1.807) is 0 Å². The van der Waals surface area contributed by atoms with E-state index in [0.29, 0.717) is 0 Å². The van der Waals surface area contributed by atoms with Gasteiger partial charge in [0.2, 0.25) is 0 Å². The summed E-state index contributed by atoms with van der Waals surface area (Å²) < 4.78 is 349. The minimum Gasteiger partial charge on any atom is -0.466 e. The first-order valence-corrected chi connectivity index (χ1v) is 13.7. The number of hydrogen-bond acceptors (Lipinski definition) is 4. The first-order valence-electron chi connectivity index (χ1n) is 13.7. The van der Waals surface area contributed by atoms with Crippen LogP contribution in [-0.2, 0) is 19.1 Å². The molecular formula is C24H20F26O4. The van der Waals surface area contributed by atoms with Crippen molar-refractivity contribution in [2.75, 3.05) is 13.2 Å². The van der Waals surface area contributed by atoms with Gasteiger partial charge in [0.05, 0.1) is 25.6 Å². The Balaban J connectivity index is 5.37. The Hall–Kier alpha value is -2.88. The molecule has 0 bridgehead atoms. The van der Waals surface area contributed by atoms with E-state index in [1.807, 2.05) is 0 Å². The topological polar surface area (TPSA) is 52.6 Å². The van der Waals surface area contributed by atoms with Crippen molar-refractivity contribution in [2.24, 2.45) is 5.92 Å². The number of rotatable bonds is 20. The normalized spacial score (nSPS) is 16.0. The Morgan fingerprint density at radius 2 is 0.704 bits per heavy atom. The van der Waals surface area contributed by atoms with Gasteiger partial charge < -0.3 is 9.47 Å². The van der Waals surface area contributed by atoms with Crippen LogP contribution in [0.4, 0.5) is 114 Å². The number of carbonyl (C=O) groups excluding carboxylic acids is 2. The van der Waals surface area contributed by atoms with Crippen molar-refractivity contribution in [3.05, 3.63) is 0 Å². The lowest BCUT2D eigenvalue weighted by molar-refractivity contribution is -0.440. The van der Waals surface area contributed by atoms with Crippen LogP contribution in [0.2, 0.25) is 0 Å². The van der Waals surface area contributed by atoms with Crippen molar-refractivity contribution in [3.63, 3.8) is 0 Å². The smallest absolute Gasteiger partial charge is 0.460 e. The molecule has 0 rings (SSSR count). The third-order valence-corrected chi connectivity index (χ3v) is 7.01. The van der Waals surface area contributed by atoms with E-state index < -0.39 is 141 Å². The Kier molecular flexibility index (Phi) is 14.7. The minimum absolute atomic E-state index is 0.576. The van der Waals surface area contributed by atoms with Crippen LogP contribution >= 0.6 is 0 Å². The summed E-state index contributed by atoms with van der Waals surface area (Å²) in [6.45, 7) is -2.18. The molecule has 0 aromatic heterocycles. The fourth-order valence-corrected chi connectivity index (χ4v) is 3.64. The van der Waals surface area contributed by atoms with Gasteiger partial charge in [-0.1, -0.05) is 6.92 Å². The van der Waals surface area contributed by atoms with Crippen molar-refractivity contribution in [2.45, 2.75) is 117 Å². The molecule has 0 radical (unpaired) electrons. The molecule has 0 aliphatic heterocycles. The molecular weight excluding hydrogens is 846 g/mol. The molecule has 0 saturated heterocycles. The Labute approximate surface area is 282 Å². The molecule has 4 nitrogen and oxygen atoms in total. The van der Waals surface area contributed by atoms with Gasteiger partial charge in [0.15, 0.2) is 0 Å². The molecule has 0 aromatic carbocycles. The van der Waals surface area contributed by atoms with Crippen LogP contribution in [0, 0.1) is 5.92 Å². The average Bonchev–Trinajstić information content (AvgIpc) is 2.98. The van der Waals surface area contributed by atoms with E-state index >= 15 is 0 Å². The predicted octanol–water partition coefficient (Wildman–Crippen LogP) is 10.5. The quantitative estimate of drug-likeness (QED) is 0.0695. The Bertz CT molecular complexity index is 1280. The maximum absolute atomic E-state index is 13.8. The molecule has 30 heteroatoms. The molecule has 0 aliphatic carbocycles. The second-order valence-corrected chi connectivity index (χ2v) is 10.9. The first-order chi connectivity index (χ1) is 23.4. The number of esters is 2. The highest BCUT2D eigenvalue weighted by Gasteiger charge is 2.92. The summed E-state index contributed by atoms with van der Waals surface area (Å²) in [7, 11) is 0. The summed E-state index contributed by atoms with van der Waals surface area (Å²) in [5.41, 5.74) is 0. The van der Waals surface area contributed by atoms with Crippen molar-refractivity contribution in [3.8, 4) is 0 Å². The van der Waals surface area contributed by atoms with Crippen LogP contribution in [-0.4, -0.2) is 96.7 Å². The summed E-state index contributed by atoms with van der Waals surface area (Å²) in [4.78, 5) is 23.8. The maximum atomic E-state index is 13.8. The number of carbonyl (C=O) groups is 2. The molecule has 0 N–H and O–H groups in total. The summed E-state index contributed by atoms with van der Waals surface area (Å²) >= 11 is 0. The van der Waals surface area contributed by atoms with Crippen molar-refractivity contribution in [1.82, 2.24) is 0 Å². The highest BCUT2D eigenvalue weighted by atomic mass is 19.4. The third-order valence-electron chi connectivity index (χ3n) is 7.01. The predicted molar refractivity (Wildman–Crippen MR) is 120 cm³/mol. The first kappa shape index (κ1) is 51.1. The standard InChI is InChI=1S/C24H20F26O4/c1-2-10(12(52)54-8-4-6-14(27,28)16(31,32)18(35,36)20(39,40)22(43,44)24(48,49)50)9-11(51)53-7-3-5-13(25,26)15(29,30)17(33,34)19(37,38)21(41,42)23(45,46)47/h10H,2-9H2,1H3. The average molecular weight is 866 g/mol. The molecule has 0 fully saturated rings. The number of hydrogen-bond donors (Lipinski definition) is 0. The van der Waals surface area contributed by atoms with Gasteiger partial charge in [-0.05, 0) is 19.3 Å². The molecule has 0 heterocycles. The van der Waals surface area contributed by atoms with Gasteiger partial charge in [-0.15, -0.1) is 0 Å². The molecule has 1 unspecified atom stereocenters. The van der Waals surface area contributed by atoms with Crippen LogP contribution in [0.5, 0.6) is 0 Å². The van der Waals surface area contributed by atoms with E-state index in [-0.39, 0.29) is 0 Å². The molecule has 0 saturated carbocycles. The number of alkyl halides is 26. The van der Waals surface area contributed by atoms with E-state index in [2.05, 4.69) is 9.47 Å². The fraction of sp³-hybridized carbons (Fsp3) is 0.917. The minimum atomic E-state index is -8.17. The van der Waals surface area contributed by atoms with Crippen molar-refractivity contribution < 1.29 is 133 Å². The number of halogens is 26. The van der Waals surface area contributed by atoms with Gasteiger partial charge in [0.1, 0.15) is 0 Å². The Morgan fingerprint density at radius 1 is 0.426 bits per heavy atom. The van der Waals surface area contributed by atoms with Crippen LogP contribution in [0.3, 0.4) is 0 Å². The van der Waals surface area contributed by atoms with Crippen LogP contribution in [0.1, 0.15) is 45.4 Å². The summed E-state index contributed by atoms with van der Waals surface area (Å²) in [5.74, 6) is -82.1. The molecule has 0 aliphatic rings. The molecule has 1 atom stereocenters.